The molecular weight excluding hydrogens is 373 g/mol. The number of rotatable bonds is 3. The van der Waals surface area contributed by atoms with Crippen molar-refractivity contribution in [2.45, 2.75) is 6.18 Å². The van der Waals surface area contributed by atoms with Crippen molar-refractivity contribution >= 4 is 33.9 Å². The largest absolute Gasteiger partial charge is 0.416 e. The maximum Gasteiger partial charge on any atom is 0.416 e. The van der Waals surface area contributed by atoms with Gasteiger partial charge in [-0.2, -0.15) is 13.2 Å². The van der Waals surface area contributed by atoms with Crippen LogP contribution >= 0.6 is 22.9 Å². The highest BCUT2D eigenvalue weighted by atomic mass is 35.5. The molecule has 0 bridgehead atoms. The summed E-state index contributed by atoms with van der Waals surface area (Å²) in [5.41, 5.74) is 5.48. The Morgan fingerprint density at radius 1 is 1.12 bits per heavy atom. The molecular formula is C17H10ClF3N2OS. The molecule has 0 aliphatic carbocycles. The highest BCUT2D eigenvalue weighted by Crippen LogP contribution is 2.36. The Morgan fingerprint density at radius 2 is 1.84 bits per heavy atom. The standard InChI is InChI=1S/C17H10ClF3N2OS/c18-12-6-2-4-10(8-12)14(24)15-13(23-16(22)25-15)9-3-1-5-11(7-9)17(19,20)21/h1-8H,(H2,22,23). The van der Waals surface area contributed by atoms with Gasteiger partial charge in [0.1, 0.15) is 4.88 Å². The smallest absolute Gasteiger partial charge is 0.375 e. The third-order valence-electron chi connectivity index (χ3n) is 3.40. The summed E-state index contributed by atoms with van der Waals surface area (Å²) in [5.74, 6) is -0.399. The predicted molar refractivity (Wildman–Crippen MR) is 91.8 cm³/mol. The van der Waals surface area contributed by atoms with Crippen LogP contribution in [0.1, 0.15) is 20.8 Å². The van der Waals surface area contributed by atoms with E-state index in [-0.39, 0.29) is 21.3 Å². The summed E-state index contributed by atoms with van der Waals surface area (Å²) in [5, 5.41) is 0.474. The second-order valence-electron chi connectivity index (χ2n) is 5.15. The van der Waals surface area contributed by atoms with Gasteiger partial charge >= 0.3 is 6.18 Å². The molecule has 1 heterocycles. The normalized spacial score (nSPS) is 11.5. The Bertz CT molecular complexity index is 953. The number of halogens is 4. The molecule has 1 aromatic heterocycles. The number of nitrogens with zero attached hydrogens (tertiary/aromatic N) is 1. The minimum Gasteiger partial charge on any atom is -0.375 e. The van der Waals surface area contributed by atoms with E-state index in [0.29, 0.717) is 10.6 Å². The van der Waals surface area contributed by atoms with Crippen molar-refractivity contribution in [3.63, 3.8) is 0 Å². The second kappa shape index (κ2) is 6.50. The molecule has 0 atom stereocenters. The summed E-state index contributed by atoms with van der Waals surface area (Å²) in [6.07, 6.45) is -4.49. The SMILES string of the molecule is Nc1nc(-c2cccc(C(F)(F)F)c2)c(C(=O)c2cccc(Cl)c2)s1. The van der Waals surface area contributed by atoms with Gasteiger partial charge in [-0.1, -0.05) is 47.2 Å². The minimum absolute atomic E-state index is 0.0952. The van der Waals surface area contributed by atoms with Gasteiger partial charge in [-0.15, -0.1) is 0 Å². The molecule has 3 rings (SSSR count). The molecule has 0 spiro atoms. The average Bonchev–Trinajstić information content (AvgIpc) is 2.95. The third kappa shape index (κ3) is 3.67. The Kier molecular flexibility index (Phi) is 4.53. The van der Waals surface area contributed by atoms with Crippen LogP contribution in [0.25, 0.3) is 11.3 Å². The molecule has 2 N–H and O–H groups in total. The van der Waals surface area contributed by atoms with Crippen molar-refractivity contribution in [1.82, 2.24) is 4.98 Å². The van der Waals surface area contributed by atoms with Crippen LogP contribution in [0.15, 0.2) is 48.5 Å². The first-order valence-electron chi connectivity index (χ1n) is 7.00. The van der Waals surface area contributed by atoms with Gasteiger partial charge in [-0.3, -0.25) is 4.79 Å². The summed E-state index contributed by atoms with van der Waals surface area (Å²) in [6.45, 7) is 0. The number of carbonyl (C=O) groups excluding carboxylic acids is 1. The van der Waals surface area contributed by atoms with Crippen molar-refractivity contribution in [2.24, 2.45) is 0 Å². The summed E-state index contributed by atoms with van der Waals surface area (Å²) in [6, 6.07) is 10.9. The van der Waals surface area contributed by atoms with Gasteiger partial charge in [-0.25, -0.2) is 4.98 Å². The Morgan fingerprint density at radius 3 is 2.52 bits per heavy atom. The molecule has 0 amide bonds. The molecule has 0 aliphatic rings. The Balaban J connectivity index is 2.09. The quantitative estimate of drug-likeness (QED) is 0.626. The first-order valence-corrected chi connectivity index (χ1v) is 8.19. The molecule has 0 aliphatic heterocycles. The lowest BCUT2D eigenvalue weighted by molar-refractivity contribution is -0.137. The van der Waals surface area contributed by atoms with Crippen LogP contribution in [0, 0.1) is 0 Å². The van der Waals surface area contributed by atoms with Crippen LogP contribution < -0.4 is 5.73 Å². The van der Waals surface area contributed by atoms with Gasteiger partial charge in [0.15, 0.2) is 5.13 Å². The Labute approximate surface area is 149 Å². The number of hydrogen-bond donors (Lipinski definition) is 1. The molecule has 0 unspecified atom stereocenters. The maximum atomic E-state index is 12.9. The molecule has 0 radical (unpaired) electrons. The number of alkyl halides is 3. The summed E-state index contributed by atoms with van der Waals surface area (Å²) in [4.78, 5) is 16.9. The fourth-order valence-electron chi connectivity index (χ4n) is 2.29. The van der Waals surface area contributed by atoms with Gasteiger partial charge in [0, 0.05) is 16.1 Å². The lowest BCUT2D eigenvalue weighted by Crippen LogP contribution is -2.05. The molecule has 2 aromatic carbocycles. The lowest BCUT2D eigenvalue weighted by Gasteiger charge is -2.08. The molecule has 128 valence electrons. The third-order valence-corrected chi connectivity index (χ3v) is 4.52. The first-order chi connectivity index (χ1) is 11.8. The number of ketones is 1. The highest BCUT2D eigenvalue weighted by molar-refractivity contribution is 7.18. The van der Waals surface area contributed by atoms with Crippen molar-refractivity contribution in [1.29, 1.82) is 0 Å². The second-order valence-corrected chi connectivity index (χ2v) is 6.61. The molecule has 8 heteroatoms. The van der Waals surface area contributed by atoms with E-state index >= 15 is 0 Å². The molecule has 0 saturated heterocycles. The van der Waals surface area contributed by atoms with Crippen molar-refractivity contribution in [3.8, 4) is 11.3 Å². The van der Waals surface area contributed by atoms with Crippen molar-refractivity contribution in [3.05, 3.63) is 69.6 Å². The number of nitrogens with two attached hydrogens (primary N) is 1. The number of anilines is 1. The van der Waals surface area contributed by atoms with Gasteiger partial charge in [-0.05, 0) is 24.3 Å². The topological polar surface area (TPSA) is 56.0 Å². The zero-order chi connectivity index (χ0) is 18.2. The van der Waals surface area contributed by atoms with Crippen LogP contribution in [-0.4, -0.2) is 10.8 Å². The van der Waals surface area contributed by atoms with E-state index in [4.69, 9.17) is 17.3 Å². The van der Waals surface area contributed by atoms with Gasteiger partial charge in [0.25, 0.3) is 0 Å². The average molecular weight is 383 g/mol. The summed E-state index contributed by atoms with van der Waals surface area (Å²) < 4.78 is 38.8. The van der Waals surface area contributed by atoms with Crippen LogP contribution in [0.3, 0.4) is 0 Å². The number of nitrogen functional groups attached to an aromatic ring is 1. The minimum atomic E-state index is -4.49. The van der Waals surface area contributed by atoms with E-state index in [0.717, 1.165) is 23.5 Å². The number of hydrogen-bond acceptors (Lipinski definition) is 4. The van der Waals surface area contributed by atoms with Crippen molar-refractivity contribution in [2.75, 3.05) is 5.73 Å². The van der Waals surface area contributed by atoms with E-state index in [1.807, 2.05) is 0 Å². The number of thiazole rings is 1. The molecule has 3 nitrogen and oxygen atoms in total. The highest BCUT2D eigenvalue weighted by Gasteiger charge is 2.31. The fraction of sp³-hybridized carbons (Fsp3) is 0.0588. The van der Waals surface area contributed by atoms with Gasteiger partial charge < -0.3 is 5.73 Å². The number of carbonyl (C=O) groups is 1. The fourth-order valence-corrected chi connectivity index (χ4v) is 3.30. The number of aromatic nitrogens is 1. The zero-order valence-electron chi connectivity index (χ0n) is 12.5. The van der Waals surface area contributed by atoms with Crippen LogP contribution in [0.5, 0.6) is 0 Å². The monoisotopic (exact) mass is 382 g/mol. The van der Waals surface area contributed by atoms with Crippen LogP contribution in [-0.2, 0) is 6.18 Å². The predicted octanol–water partition coefficient (Wildman–Crippen LogP) is 5.30. The number of benzene rings is 2. The summed E-state index contributed by atoms with van der Waals surface area (Å²) in [7, 11) is 0. The van der Waals surface area contributed by atoms with Crippen molar-refractivity contribution < 1.29 is 18.0 Å². The molecule has 25 heavy (non-hydrogen) atoms. The van der Waals surface area contributed by atoms with Gasteiger partial charge in [0.05, 0.1) is 11.3 Å². The van der Waals surface area contributed by atoms with E-state index in [2.05, 4.69) is 4.98 Å². The zero-order valence-corrected chi connectivity index (χ0v) is 14.0. The van der Waals surface area contributed by atoms with E-state index < -0.39 is 17.5 Å². The molecule has 0 fully saturated rings. The van der Waals surface area contributed by atoms with E-state index in [1.54, 1.807) is 18.2 Å². The molecule has 3 aromatic rings. The lowest BCUT2D eigenvalue weighted by atomic mass is 10.0. The molecule has 0 saturated carbocycles. The van der Waals surface area contributed by atoms with Gasteiger partial charge in [0.2, 0.25) is 5.78 Å². The van der Waals surface area contributed by atoms with E-state index in [9.17, 15) is 18.0 Å². The first kappa shape index (κ1) is 17.4. The van der Waals surface area contributed by atoms with E-state index in [1.165, 1.54) is 18.2 Å². The summed E-state index contributed by atoms with van der Waals surface area (Å²) >= 11 is 6.82. The van der Waals surface area contributed by atoms with Crippen LogP contribution in [0.4, 0.5) is 18.3 Å². The maximum absolute atomic E-state index is 12.9. The Hall–Kier alpha value is -2.38. The van der Waals surface area contributed by atoms with Crippen LogP contribution in [0.2, 0.25) is 5.02 Å².